The first-order valence-corrected chi connectivity index (χ1v) is 15.0. The first-order valence-electron chi connectivity index (χ1n) is 15.0. The molecule has 1 aromatic carbocycles. The number of amides is 3. The van der Waals surface area contributed by atoms with Gasteiger partial charge in [0.2, 0.25) is 11.8 Å². The van der Waals surface area contributed by atoms with Crippen LogP contribution in [-0.4, -0.2) is 74.4 Å². The highest BCUT2D eigenvalue weighted by atomic mass is 35.5. The van der Waals surface area contributed by atoms with E-state index in [0.29, 0.717) is 56.9 Å². The number of hydrogen-bond acceptors (Lipinski definition) is 7. The highest BCUT2D eigenvalue weighted by Crippen LogP contribution is 2.24. The summed E-state index contributed by atoms with van der Waals surface area (Å²) in [5.74, 6) is 0.0487. The third-order valence-corrected chi connectivity index (χ3v) is 7.91. The molecule has 0 aliphatic carbocycles. The van der Waals surface area contributed by atoms with Crippen LogP contribution in [-0.2, 0) is 14.3 Å². The highest BCUT2D eigenvalue weighted by Gasteiger charge is 2.31. The molecule has 0 aromatic heterocycles. The second-order valence-electron chi connectivity index (χ2n) is 11.9. The molecule has 0 bridgehead atoms. The fourth-order valence-electron chi connectivity index (χ4n) is 5.03. The maximum absolute atomic E-state index is 13.1. The zero-order valence-corrected chi connectivity index (χ0v) is 26.7. The van der Waals surface area contributed by atoms with Gasteiger partial charge in [-0.3, -0.25) is 14.4 Å². The van der Waals surface area contributed by atoms with Crippen LogP contribution in [0.3, 0.4) is 0 Å². The van der Waals surface area contributed by atoms with Crippen molar-refractivity contribution in [3.8, 4) is 5.75 Å². The first-order chi connectivity index (χ1) is 19.5. The van der Waals surface area contributed by atoms with Gasteiger partial charge in [-0.15, -0.1) is 12.4 Å². The minimum Gasteiger partial charge on any atom is -0.493 e. The standard InChI is InChI=1S/C31H52N4O6.ClH/c1-20(2)22(18-33-30(38)24-10-6-7-11-28(24)41-15-9-8-14-40-5)16-26(32)27(36)17-25(21(3)4)31(39)34-19-23-12-13-29(37)35-23;/h6-7,10-11,20-23,25-27,36H,8-9,12-19,32H2,1-5H3,(H,33,38)(H,34,39)(H,35,37);1H/t22-,23?,25+,26-,27-;/m0./s1. The molecule has 11 heteroatoms. The molecule has 1 aliphatic heterocycles. The molecule has 3 amide bonds. The Labute approximate surface area is 257 Å². The third-order valence-electron chi connectivity index (χ3n) is 7.91. The van der Waals surface area contributed by atoms with Gasteiger partial charge in [-0.2, -0.15) is 0 Å². The SMILES string of the molecule is COCCCCOc1ccccc1C(=O)NC[C@H](C[C@H](N)[C@@H](O)C[C@@H](C(=O)NCC1CCC(=O)N1)C(C)C)C(C)C.Cl. The largest absolute Gasteiger partial charge is 0.493 e. The van der Waals surface area contributed by atoms with Gasteiger partial charge in [0.1, 0.15) is 5.75 Å². The smallest absolute Gasteiger partial charge is 0.255 e. The molecule has 6 N–H and O–H groups in total. The summed E-state index contributed by atoms with van der Waals surface area (Å²) in [6.07, 6.45) is 2.77. The highest BCUT2D eigenvalue weighted by molar-refractivity contribution is 5.96. The van der Waals surface area contributed by atoms with Crippen molar-refractivity contribution in [1.29, 1.82) is 0 Å². The average molecular weight is 613 g/mol. The number of rotatable bonds is 19. The van der Waals surface area contributed by atoms with Gasteiger partial charge in [0.05, 0.1) is 18.3 Å². The fraction of sp³-hybridized carbons (Fsp3) is 0.710. The summed E-state index contributed by atoms with van der Waals surface area (Å²) in [7, 11) is 1.67. The van der Waals surface area contributed by atoms with E-state index in [4.69, 9.17) is 15.2 Å². The molecule has 240 valence electrons. The van der Waals surface area contributed by atoms with E-state index in [1.165, 1.54) is 0 Å². The van der Waals surface area contributed by atoms with Crippen LogP contribution in [0.1, 0.15) is 76.6 Å². The normalized spacial score (nSPS) is 17.6. The van der Waals surface area contributed by atoms with Crippen molar-refractivity contribution < 1.29 is 29.0 Å². The predicted octanol–water partition coefficient (Wildman–Crippen LogP) is 3.05. The summed E-state index contributed by atoms with van der Waals surface area (Å²) >= 11 is 0. The lowest BCUT2D eigenvalue weighted by molar-refractivity contribution is -0.128. The Morgan fingerprint density at radius 1 is 1.07 bits per heavy atom. The van der Waals surface area contributed by atoms with Crippen LogP contribution in [0.4, 0.5) is 0 Å². The maximum atomic E-state index is 13.1. The van der Waals surface area contributed by atoms with Crippen LogP contribution >= 0.6 is 12.4 Å². The predicted molar refractivity (Wildman–Crippen MR) is 167 cm³/mol. The van der Waals surface area contributed by atoms with Crippen molar-refractivity contribution in [3.05, 3.63) is 29.8 Å². The molecule has 1 fully saturated rings. The van der Waals surface area contributed by atoms with E-state index < -0.39 is 18.1 Å². The van der Waals surface area contributed by atoms with E-state index in [1.807, 2.05) is 26.0 Å². The Kier molecular flexibility index (Phi) is 17.7. The molecular weight excluding hydrogens is 560 g/mol. The van der Waals surface area contributed by atoms with E-state index >= 15 is 0 Å². The van der Waals surface area contributed by atoms with Crippen molar-refractivity contribution >= 4 is 30.1 Å². The second kappa shape index (κ2) is 19.7. The molecular formula is C31H53ClN4O6. The zero-order chi connectivity index (χ0) is 30.4. The van der Waals surface area contributed by atoms with Gasteiger partial charge in [-0.25, -0.2) is 0 Å². The van der Waals surface area contributed by atoms with Crippen molar-refractivity contribution in [3.63, 3.8) is 0 Å². The molecule has 5 atom stereocenters. The summed E-state index contributed by atoms with van der Waals surface area (Å²) in [6.45, 7) is 10.00. The Hall–Kier alpha value is -2.40. The number of aliphatic hydroxyl groups excluding tert-OH is 1. The molecule has 1 aliphatic rings. The Morgan fingerprint density at radius 3 is 2.38 bits per heavy atom. The van der Waals surface area contributed by atoms with E-state index in [9.17, 15) is 19.5 Å². The quantitative estimate of drug-likeness (QED) is 0.151. The number of carbonyl (C=O) groups excluding carboxylic acids is 3. The van der Waals surface area contributed by atoms with Gasteiger partial charge >= 0.3 is 0 Å². The summed E-state index contributed by atoms with van der Waals surface area (Å²) in [6, 6.07) is 6.60. The summed E-state index contributed by atoms with van der Waals surface area (Å²) in [5.41, 5.74) is 6.93. The molecule has 10 nitrogen and oxygen atoms in total. The van der Waals surface area contributed by atoms with Crippen molar-refractivity contribution in [2.24, 2.45) is 29.4 Å². The Morgan fingerprint density at radius 2 is 1.76 bits per heavy atom. The molecule has 0 radical (unpaired) electrons. The number of methoxy groups -OCH3 is 1. The van der Waals surface area contributed by atoms with Gasteiger partial charge in [-0.1, -0.05) is 39.8 Å². The van der Waals surface area contributed by atoms with Crippen LogP contribution < -0.4 is 26.4 Å². The topological polar surface area (TPSA) is 152 Å². The minimum atomic E-state index is -0.872. The number of carbonyl (C=O) groups is 3. The number of aliphatic hydroxyl groups is 1. The van der Waals surface area contributed by atoms with Gasteiger partial charge in [0.25, 0.3) is 5.91 Å². The summed E-state index contributed by atoms with van der Waals surface area (Å²) in [5, 5.41) is 19.8. The van der Waals surface area contributed by atoms with Crippen LogP contribution in [0.5, 0.6) is 5.75 Å². The van der Waals surface area contributed by atoms with Crippen molar-refractivity contribution in [2.75, 3.05) is 33.4 Å². The number of para-hydroxylation sites is 1. The lowest BCUT2D eigenvalue weighted by Crippen LogP contribution is -2.45. The van der Waals surface area contributed by atoms with Gasteiger partial charge in [0.15, 0.2) is 0 Å². The summed E-state index contributed by atoms with van der Waals surface area (Å²) < 4.78 is 10.9. The molecule has 2 rings (SSSR count). The van der Waals surface area contributed by atoms with E-state index in [2.05, 4.69) is 29.8 Å². The number of nitrogens with two attached hydrogens (primary N) is 1. The van der Waals surface area contributed by atoms with Crippen LogP contribution in [0.2, 0.25) is 0 Å². The van der Waals surface area contributed by atoms with Gasteiger partial charge in [0, 0.05) is 51.2 Å². The monoisotopic (exact) mass is 612 g/mol. The Balaban J connectivity index is 0.00000882. The lowest BCUT2D eigenvalue weighted by atomic mass is 9.83. The number of nitrogens with one attached hydrogen (secondary N) is 3. The van der Waals surface area contributed by atoms with Gasteiger partial charge < -0.3 is 36.3 Å². The van der Waals surface area contributed by atoms with Crippen LogP contribution in [0.15, 0.2) is 24.3 Å². The number of hydrogen-bond donors (Lipinski definition) is 5. The number of benzene rings is 1. The minimum absolute atomic E-state index is 0. The average Bonchev–Trinajstić information content (AvgIpc) is 3.36. The molecule has 1 saturated heterocycles. The molecule has 1 heterocycles. The van der Waals surface area contributed by atoms with Crippen molar-refractivity contribution in [1.82, 2.24) is 16.0 Å². The number of ether oxygens (including phenoxy) is 2. The molecule has 1 aromatic rings. The third kappa shape index (κ3) is 12.9. The van der Waals surface area contributed by atoms with E-state index in [1.54, 1.807) is 19.2 Å². The Bertz CT molecular complexity index is 963. The molecule has 0 saturated carbocycles. The van der Waals surface area contributed by atoms with Crippen LogP contribution in [0.25, 0.3) is 0 Å². The molecule has 0 spiro atoms. The molecule has 1 unspecified atom stereocenters. The zero-order valence-electron chi connectivity index (χ0n) is 25.9. The van der Waals surface area contributed by atoms with Crippen molar-refractivity contribution in [2.45, 2.75) is 84.4 Å². The number of unbranched alkanes of at least 4 members (excludes halogenated alkanes) is 1. The molecule has 42 heavy (non-hydrogen) atoms. The fourth-order valence-corrected chi connectivity index (χ4v) is 5.03. The van der Waals surface area contributed by atoms with E-state index in [0.717, 1.165) is 12.8 Å². The maximum Gasteiger partial charge on any atom is 0.255 e. The van der Waals surface area contributed by atoms with E-state index in [-0.39, 0.29) is 60.3 Å². The second-order valence-corrected chi connectivity index (χ2v) is 11.9. The van der Waals surface area contributed by atoms with Gasteiger partial charge in [-0.05, 0) is 62.0 Å². The lowest BCUT2D eigenvalue weighted by Gasteiger charge is -2.30. The number of halogens is 1. The van der Waals surface area contributed by atoms with Crippen LogP contribution in [0, 0.1) is 23.7 Å². The first kappa shape index (κ1) is 37.6. The summed E-state index contributed by atoms with van der Waals surface area (Å²) in [4.78, 5) is 37.4.